The zero-order valence-corrected chi connectivity index (χ0v) is 21.5. The Balaban J connectivity index is 1.46. The maximum absolute atomic E-state index is 13.8. The smallest absolute Gasteiger partial charge is 0.261 e. The molecule has 0 bridgehead atoms. The van der Waals surface area contributed by atoms with E-state index in [2.05, 4.69) is 16.7 Å². The van der Waals surface area contributed by atoms with E-state index in [0.29, 0.717) is 29.3 Å². The monoisotopic (exact) mass is 517 g/mol. The average Bonchev–Trinajstić information content (AvgIpc) is 3.72. The molecule has 0 unspecified atom stereocenters. The van der Waals surface area contributed by atoms with Gasteiger partial charge in [-0.3, -0.25) is 19.3 Å². The fourth-order valence-corrected chi connectivity index (χ4v) is 5.69. The number of carbonyl (C=O) groups excluding carboxylic acids is 3. The van der Waals surface area contributed by atoms with Crippen molar-refractivity contribution in [2.75, 3.05) is 24.6 Å². The summed E-state index contributed by atoms with van der Waals surface area (Å²) in [5.41, 5.74) is 3.83. The lowest BCUT2D eigenvalue weighted by atomic mass is 10.0. The van der Waals surface area contributed by atoms with Crippen molar-refractivity contribution >= 4 is 34.7 Å². The zero-order valence-electron chi connectivity index (χ0n) is 20.7. The molecule has 2 aromatic carbocycles. The van der Waals surface area contributed by atoms with E-state index in [9.17, 15) is 14.4 Å². The molecule has 1 aliphatic heterocycles. The number of benzene rings is 2. The molecule has 2 N–H and O–H groups in total. The van der Waals surface area contributed by atoms with Crippen molar-refractivity contribution in [1.29, 1.82) is 0 Å². The van der Waals surface area contributed by atoms with Crippen molar-refractivity contribution in [2.45, 2.75) is 44.2 Å². The van der Waals surface area contributed by atoms with Crippen molar-refractivity contribution in [3.63, 3.8) is 0 Å². The van der Waals surface area contributed by atoms with E-state index in [1.54, 1.807) is 12.1 Å². The molecule has 2 heterocycles. The molecule has 3 amide bonds. The second kappa shape index (κ2) is 11.7. The molecule has 1 aromatic heterocycles. The van der Waals surface area contributed by atoms with Gasteiger partial charge in [0.15, 0.2) is 0 Å². The summed E-state index contributed by atoms with van der Waals surface area (Å²) in [5.74, 6) is -0.944. The summed E-state index contributed by atoms with van der Waals surface area (Å²) in [4.78, 5) is 42.2. The van der Waals surface area contributed by atoms with Crippen LogP contribution in [-0.4, -0.2) is 43.5 Å². The Kier molecular flexibility index (Phi) is 7.96. The summed E-state index contributed by atoms with van der Waals surface area (Å²) in [6.45, 7) is 0.867. The number of carbonyl (C=O) groups is 3. The lowest BCUT2D eigenvalue weighted by molar-refractivity contribution is -0.126. The van der Waals surface area contributed by atoms with Gasteiger partial charge < -0.3 is 15.4 Å². The lowest BCUT2D eigenvalue weighted by Crippen LogP contribution is -2.48. The predicted molar refractivity (Wildman–Crippen MR) is 144 cm³/mol. The highest BCUT2D eigenvalue weighted by atomic mass is 32.1. The van der Waals surface area contributed by atoms with Crippen molar-refractivity contribution in [2.24, 2.45) is 0 Å². The van der Waals surface area contributed by atoms with Crippen LogP contribution in [0.3, 0.4) is 0 Å². The number of nitrogens with zero attached hydrogens (tertiary/aromatic N) is 1. The third-order valence-corrected chi connectivity index (χ3v) is 7.79. The molecule has 1 aliphatic carbocycles. The minimum atomic E-state index is -0.895. The number of ether oxygens (including phenoxy) is 1. The summed E-state index contributed by atoms with van der Waals surface area (Å²) in [6.07, 6.45) is 4.90. The Morgan fingerprint density at radius 1 is 0.973 bits per heavy atom. The maximum atomic E-state index is 13.8. The largest absolute Gasteiger partial charge is 0.376 e. The third-order valence-electron chi connectivity index (χ3n) is 6.92. The third kappa shape index (κ3) is 5.92. The number of fused-ring (bicyclic) bond motifs is 1. The number of hydrogen-bond donors (Lipinski definition) is 2. The lowest BCUT2D eigenvalue weighted by Gasteiger charge is -2.32. The normalized spacial score (nSPS) is 17.1. The Bertz CT molecular complexity index is 1240. The Hall–Kier alpha value is -3.49. The van der Waals surface area contributed by atoms with Gasteiger partial charge in [0.25, 0.3) is 5.91 Å². The Labute approximate surface area is 220 Å². The highest BCUT2D eigenvalue weighted by molar-refractivity contribution is 7.12. The minimum absolute atomic E-state index is 0.0189. The fourth-order valence-electron chi connectivity index (χ4n) is 5.05. The van der Waals surface area contributed by atoms with Crippen molar-refractivity contribution in [3.8, 4) is 0 Å². The molecule has 0 saturated carbocycles. The summed E-state index contributed by atoms with van der Waals surface area (Å²) in [5, 5.41) is 7.58. The van der Waals surface area contributed by atoms with Crippen LogP contribution in [0.15, 0.2) is 66.0 Å². The molecule has 0 spiro atoms. The first kappa shape index (κ1) is 25.2. The van der Waals surface area contributed by atoms with E-state index < -0.39 is 6.04 Å². The van der Waals surface area contributed by atoms with Gasteiger partial charge in [-0.15, -0.1) is 11.3 Å². The van der Waals surface area contributed by atoms with Gasteiger partial charge in [0, 0.05) is 18.8 Å². The first-order valence-electron chi connectivity index (χ1n) is 12.8. The SMILES string of the molecule is O=C(NCC(=O)N(c1ccc2c(c1)CCC2)[C@H](C(=O)NC[C@H]1CCCO1)c1ccccc1)c1cccs1. The number of nitrogens with one attached hydrogen (secondary N) is 2. The molecule has 1 saturated heterocycles. The topological polar surface area (TPSA) is 87.7 Å². The first-order chi connectivity index (χ1) is 18.1. The molecule has 2 atom stereocenters. The number of rotatable bonds is 9. The van der Waals surface area contributed by atoms with Gasteiger partial charge in [-0.25, -0.2) is 0 Å². The molecule has 5 rings (SSSR count). The highest BCUT2D eigenvalue weighted by Gasteiger charge is 2.34. The van der Waals surface area contributed by atoms with E-state index in [1.165, 1.54) is 27.4 Å². The van der Waals surface area contributed by atoms with Gasteiger partial charge in [-0.1, -0.05) is 42.5 Å². The van der Waals surface area contributed by atoms with Crippen LogP contribution in [0.5, 0.6) is 0 Å². The Morgan fingerprint density at radius 3 is 2.57 bits per heavy atom. The quantitative estimate of drug-likeness (QED) is 0.449. The van der Waals surface area contributed by atoms with E-state index in [-0.39, 0.29) is 30.4 Å². The highest BCUT2D eigenvalue weighted by Crippen LogP contribution is 2.32. The van der Waals surface area contributed by atoms with E-state index in [1.807, 2.05) is 47.8 Å². The Morgan fingerprint density at radius 2 is 1.81 bits per heavy atom. The van der Waals surface area contributed by atoms with E-state index in [0.717, 1.165) is 32.1 Å². The molecule has 3 aromatic rings. The van der Waals surface area contributed by atoms with Crippen LogP contribution in [0, 0.1) is 0 Å². The molecule has 0 radical (unpaired) electrons. The fraction of sp³-hybridized carbons (Fsp3) is 0.345. The van der Waals surface area contributed by atoms with E-state index >= 15 is 0 Å². The summed E-state index contributed by atoms with van der Waals surface area (Å²) in [6, 6.07) is 17.9. The second-order valence-corrected chi connectivity index (χ2v) is 10.4. The van der Waals surface area contributed by atoms with Crippen LogP contribution < -0.4 is 15.5 Å². The van der Waals surface area contributed by atoms with Gasteiger partial charge in [0.1, 0.15) is 6.04 Å². The molecule has 8 heteroatoms. The molecule has 1 fully saturated rings. The van der Waals surface area contributed by atoms with Crippen LogP contribution >= 0.6 is 11.3 Å². The first-order valence-corrected chi connectivity index (χ1v) is 13.7. The number of aryl methyl sites for hydroxylation is 2. The van der Waals surface area contributed by atoms with Crippen molar-refractivity contribution < 1.29 is 19.1 Å². The van der Waals surface area contributed by atoms with Gasteiger partial charge in [0.05, 0.1) is 17.5 Å². The average molecular weight is 518 g/mol. The number of hydrogen-bond acceptors (Lipinski definition) is 5. The second-order valence-electron chi connectivity index (χ2n) is 9.42. The van der Waals surface area contributed by atoms with Gasteiger partial charge in [-0.05, 0) is 72.4 Å². The van der Waals surface area contributed by atoms with Crippen molar-refractivity contribution in [3.05, 3.63) is 87.6 Å². The summed E-state index contributed by atoms with van der Waals surface area (Å²) in [7, 11) is 0. The van der Waals surface area contributed by atoms with Crippen LogP contribution in [-0.2, 0) is 27.2 Å². The van der Waals surface area contributed by atoms with Crippen LogP contribution in [0.4, 0.5) is 5.69 Å². The zero-order chi connectivity index (χ0) is 25.6. The number of amides is 3. The van der Waals surface area contributed by atoms with Gasteiger partial charge >= 0.3 is 0 Å². The summed E-state index contributed by atoms with van der Waals surface area (Å²) < 4.78 is 5.69. The number of thiophene rings is 1. The van der Waals surface area contributed by atoms with Crippen LogP contribution in [0.25, 0.3) is 0 Å². The molecular weight excluding hydrogens is 486 g/mol. The predicted octanol–water partition coefficient (Wildman–Crippen LogP) is 4.04. The molecule has 7 nitrogen and oxygen atoms in total. The maximum Gasteiger partial charge on any atom is 0.261 e. The van der Waals surface area contributed by atoms with Gasteiger partial charge in [-0.2, -0.15) is 0 Å². The summed E-state index contributed by atoms with van der Waals surface area (Å²) >= 11 is 1.31. The minimum Gasteiger partial charge on any atom is -0.376 e. The van der Waals surface area contributed by atoms with E-state index in [4.69, 9.17) is 4.74 Å². The molecular formula is C29H31N3O4S. The van der Waals surface area contributed by atoms with Crippen molar-refractivity contribution in [1.82, 2.24) is 10.6 Å². The van der Waals surface area contributed by atoms with Crippen LogP contribution in [0.1, 0.15) is 51.7 Å². The molecule has 2 aliphatic rings. The number of anilines is 1. The van der Waals surface area contributed by atoms with Gasteiger partial charge in [0.2, 0.25) is 11.8 Å². The molecule has 37 heavy (non-hydrogen) atoms. The van der Waals surface area contributed by atoms with Crippen LogP contribution in [0.2, 0.25) is 0 Å². The standard InChI is InChI=1S/C29H31N3O4S/c33-26(19-31-28(34)25-12-6-16-37-25)32(23-14-13-20-9-4-10-22(20)17-23)27(21-7-2-1-3-8-21)29(35)30-18-24-11-5-15-36-24/h1-3,6-8,12-14,16-17,24,27H,4-5,9-11,15,18-19H2,(H,30,35)(H,31,34)/t24-,27+/m1/s1. The molecule has 192 valence electrons.